The van der Waals surface area contributed by atoms with Crippen LogP contribution in [0.1, 0.15) is 44.1 Å². The molecule has 0 aliphatic rings. The molecule has 1 rings (SSSR count). The Morgan fingerprint density at radius 2 is 2.00 bits per heavy atom. The lowest BCUT2D eigenvalue weighted by Crippen LogP contribution is -2.40. The van der Waals surface area contributed by atoms with Gasteiger partial charge in [0.1, 0.15) is 5.69 Å². The van der Waals surface area contributed by atoms with Crippen LogP contribution in [0.3, 0.4) is 0 Å². The fourth-order valence-electron chi connectivity index (χ4n) is 2.01. The molecule has 1 amide bonds. The molecule has 0 fully saturated rings. The predicted molar refractivity (Wildman–Crippen MR) is 77.1 cm³/mol. The number of carbonyl (C=O) groups excluding carboxylic acids is 1. The number of aromatic nitrogens is 2. The summed E-state index contributed by atoms with van der Waals surface area (Å²) in [7, 11) is 1.45. The van der Waals surface area contributed by atoms with E-state index >= 15 is 0 Å². The fraction of sp³-hybridized carbons (Fsp3) is 0.571. The molecule has 7 heteroatoms. The van der Waals surface area contributed by atoms with Crippen molar-refractivity contribution in [1.82, 2.24) is 15.1 Å². The molecule has 1 atom stereocenters. The van der Waals surface area contributed by atoms with Gasteiger partial charge in [-0.25, -0.2) is 4.68 Å². The molecule has 0 bridgehead atoms. The van der Waals surface area contributed by atoms with Gasteiger partial charge in [-0.2, -0.15) is 5.10 Å². The smallest absolute Gasteiger partial charge is 0.305 e. The third-order valence-electron chi connectivity index (χ3n) is 2.81. The number of aryl methyl sites for hydroxylation is 1. The van der Waals surface area contributed by atoms with Gasteiger partial charge < -0.3 is 10.4 Å². The van der Waals surface area contributed by atoms with Crippen molar-refractivity contribution in [3.63, 3.8) is 0 Å². The number of hydrogen-bond acceptors (Lipinski definition) is 4. The number of rotatable bonds is 5. The molecule has 2 N–H and O–H groups in total. The molecular weight excluding hydrogens is 274 g/mol. The molecule has 0 saturated carbocycles. The van der Waals surface area contributed by atoms with Gasteiger partial charge in [0.2, 0.25) is 0 Å². The van der Waals surface area contributed by atoms with Crippen molar-refractivity contribution in [2.45, 2.75) is 39.7 Å². The maximum absolute atomic E-state index is 12.1. The summed E-state index contributed by atoms with van der Waals surface area (Å²) < 4.78 is 1.06. The number of hydrogen-bond donors (Lipinski definition) is 2. The van der Waals surface area contributed by atoms with Crippen molar-refractivity contribution < 1.29 is 14.7 Å². The lowest BCUT2D eigenvalue weighted by atomic mass is 9.87. The van der Waals surface area contributed by atoms with Crippen LogP contribution in [0.15, 0.2) is 16.9 Å². The second kappa shape index (κ2) is 6.51. The van der Waals surface area contributed by atoms with E-state index in [2.05, 4.69) is 10.4 Å². The zero-order valence-electron chi connectivity index (χ0n) is 12.7. The highest BCUT2D eigenvalue weighted by Gasteiger charge is 2.23. The third-order valence-corrected chi connectivity index (χ3v) is 2.81. The molecule has 1 unspecified atom stereocenters. The standard InChI is InChI=1S/C14H21N3O4/c1-14(2,3)8-9(7-12(19)20)15-13(21)10-5-6-11(18)17(4)16-10/h5-6,9H,7-8H2,1-4H3,(H,15,21)(H,19,20). The first-order valence-corrected chi connectivity index (χ1v) is 6.65. The molecule has 0 spiro atoms. The van der Waals surface area contributed by atoms with Crippen LogP contribution >= 0.6 is 0 Å². The first-order valence-electron chi connectivity index (χ1n) is 6.65. The quantitative estimate of drug-likeness (QED) is 0.836. The van der Waals surface area contributed by atoms with Crippen molar-refractivity contribution >= 4 is 11.9 Å². The first kappa shape index (κ1) is 16.9. The summed E-state index contributed by atoms with van der Waals surface area (Å²) >= 11 is 0. The van der Waals surface area contributed by atoms with Gasteiger partial charge in [0, 0.05) is 19.2 Å². The molecule has 0 aliphatic carbocycles. The fourth-order valence-corrected chi connectivity index (χ4v) is 2.01. The zero-order chi connectivity index (χ0) is 16.2. The molecular formula is C14H21N3O4. The van der Waals surface area contributed by atoms with Gasteiger partial charge >= 0.3 is 5.97 Å². The van der Waals surface area contributed by atoms with Gasteiger partial charge in [-0.15, -0.1) is 0 Å². The first-order chi connectivity index (χ1) is 9.58. The van der Waals surface area contributed by atoms with Crippen LogP contribution in [0.2, 0.25) is 0 Å². The molecule has 0 aliphatic heterocycles. The average molecular weight is 295 g/mol. The Morgan fingerprint density at radius 3 is 2.48 bits per heavy atom. The number of amides is 1. The molecule has 1 heterocycles. The number of aliphatic carboxylic acids is 1. The summed E-state index contributed by atoms with van der Waals surface area (Å²) in [5.74, 6) is -1.46. The molecule has 1 aromatic heterocycles. The van der Waals surface area contributed by atoms with E-state index in [0.717, 1.165) is 4.68 Å². The minimum Gasteiger partial charge on any atom is -0.481 e. The SMILES string of the molecule is Cn1nc(C(=O)NC(CC(=O)O)CC(C)(C)C)ccc1=O. The van der Waals surface area contributed by atoms with E-state index in [4.69, 9.17) is 5.11 Å². The molecule has 0 aromatic carbocycles. The minimum absolute atomic E-state index is 0.0846. The summed E-state index contributed by atoms with van der Waals surface area (Å²) in [5.41, 5.74) is -0.352. The van der Waals surface area contributed by atoms with Crippen LogP contribution in [0.25, 0.3) is 0 Å². The second-order valence-electron chi connectivity index (χ2n) is 6.21. The van der Waals surface area contributed by atoms with E-state index in [1.54, 1.807) is 0 Å². The Bertz CT molecular complexity index is 587. The lowest BCUT2D eigenvalue weighted by molar-refractivity contribution is -0.137. The highest BCUT2D eigenvalue weighted by Crippen LogP contribution is 2.22. The molecule has 0 saturated heterocycles. The number of carboxylic acids is 1. The van der Waals surface area contributed by atoms with Crippen LogP contribution in [-0.4, -0.2) is 32.8 Å². The molecule has 1 aromatic rings. The Labute approximate surface area is 123 Å². The lowest BCUT2D eigenvalue weighted by Gasteiger charge is -2.25. The molecule has 0 radical (unpaired) electrons. The summed E-state index contributed by atoms with van der Waals surface area (Å²) in [4.78, 5) is 34.2. The summed E-state index contributed by atoms with van der Waals surface area (Å²) in [5, 5.41) is 15.4. The molecule has 116 valence electrons. The van der Waals surface area contributed by atoms with E-state index < -0.39 is 17.9 Å². The Balaban J connectivity index is 2.86. The van der Waals surface area contributed by atoms with Crippen molar-refractivity contribution in [2.24, 2.45) is 12.5 Å². The van der Waals surface area contributed by atoms with Gasteiger partial charge in [0.25, 0.3) is 11.5 Å². The zero-order valence-corrected chi connectivity index (χ0v) is 12.7. The van der Waals surface area contributed by atoms with Crippen LogP contribution in [-0.2, 0) is 11.8 Å². The van der Waals surface area contributed by atoms with Crippen LogP contribution in [0, 0.1) is 5.41 Å². The summed E-state index contributed by atoms with van der Waals surface area (Å²) in [6, 6.07) is 2.08. The monoisotopic (exact) mass is 295 g/mol. The number of carbonyl (C=O) groups is 2. The van der Waals surface area contributed by atoms with Crippen molar-refractivity contribution in [2.75, 3.05) is 0 Å². The van der Waals surface area contributed by atoms with E-state index in [-0.39, 0.29) is 23.1 Å². The van der Waals surface area contributed by atoms with Gasteiger partial charge in [-0.05, 0) is 17.9 Å². The largest absolute Gasteiger partial charge is 0.481 e. The molecule has 7 nitrogen and oxygen atoms in total. The van der Waals surface area contributed by atoms with Gasteiger partial charge in [-0.3, -0.25) is 14.4 Å². The predicted octanol–water partition coefficient (Wildman–Crippen LogP) is 0.790. The van der Waals surface area contributed by atoms with Gasteiger partial charge in [0.05, 0.1) is 6.42 Å². The summed E-state index contributed by atoms with van der Waals surface area (Å²) in [6.45, 7) is 5.91. The third kappa shape index (κ3) is 5.76. The van der Waals surface area contributed by atoms with E-state index in [0.29, 0.717) is 6.42 Å². The van der Waals surface area contributed by atoms with Crippen molar-refractivity contribution in [3.8, 4) is 0 Å². The minimum atomic E-state index is -0.974. The number of nitrogens with zero attached hydrogens (tertiary/aromatic N) is 2. The van der Waals surface area contributed by atoms with Gasteiger partial charge in [-0.1, -0.05) is 20.8 Å². The second-order valence-corrected chi connectivity index (χ2v) is 6.21. The van der Waals surface area contributed by atoms with Crippen molar-refractivity contribution in [3.05, 3.63) is 28.2 Å². The van der Waals surface area contributed by atoms with Crippen LogP contribution < -0.4 is 10.9 Å². The maximum Gasteiger partial charge on any atom is 0.305 e. The van der Waals surface area contributed by atoms with Crippen LogP contribution in [0.4, 0.5) is 0 Å². The summed E-state index contributed by atoms with van der Waals surface area (Å²) in [6.07, 6.45) is 0.367. The molecule has 21 heavy (non-hydrogen) atoms. The van der Waals surface area contributed by atoms with Crippen LogP contribution in [0.5, 0.6) is 0 Å². The normalized spacial score (nSPS) is 12.8. The Hall–Kier alpha value is -2.18. The topological polar surface area (TPSA) is 101 Å². The Kier molecular flexibility index (Phi) is 5.23. The number of carboxylic acid groups (broad SMARTS) is 1. The highest BCUT2D eigenvalue weighted by atomic mass is 16.4. The maximum atomic E-state index is 12.1. The highest BCUT2D eigenvalue weighted by molar-refractivity contribution is 5.92. The van der Waals surface area contributed by atoms with Crippen molar-refractivity contribution in [1.29, 1.82) is 0 Å². The Morgan fingerprint density at radius 1 is 1.38 bits per heavy atom. The van der Waals surface area contributed by atoms with E-state index in [1.165, 1.54) is 19.2 Å². The van der Waals surface area contributed by atoms with E-state index in [1.807, 2.05) is 20.8 Å². The van der Waals surface area contributed by atoms with Gasteiger partial charge in [0.15, 0.2) is 0 Å². The van der Waals surface area contributed by atoms with E-state index in [9.17, 15) is 14.4 Å². The number of nitrogens with one attached hydrogen (secondary N) is 1. The average Bonchev–Trinajstić information content (AvgIpc) is 2.29.